The molecule has 2 atom stereocenters. The molecule has 7 nitrogen and oxygen atoms in total. The molecule has 0 radical (unpaired) electrons. The van der Waals surface area contributed by atoms with Crippen LogP contribution in [-0.2, 0) is 0 Å². The van der Waals surface area contributed by atoms with Gasteiger partial charge in [-0.2, -0.15) is 10.5 Å². The molecule has 0 aliphatic carbocycles. The first kappa shape index (κ1) is 29.4. The molecule has 0 saturated heterocycles. The Hall–Kier alpha value is -6.05. The van der Waals surface area contributed by atoms with E-state index in [0.717, 1.165) is 39.7 Å². The Kier molecular flexibility index (Phi) is 8.89. The minimum Gasteiger partial charge on any atom is -0.497 e. The van der Waals surface area contributed by atoms with Crippen LogP contribution in [0.5, 0.6) is 11.5 Å². The Morgan fingerprint density at radius 1 is 0.591 bits per heavy atom. The van der Waals surface area contributed by atoms with Crippen molar-refractivity contribution in [3.8, 4) is 34.8 Å². The molecule has 0 heterocycles. The molecule has 1 N–H and O–H groups in total. The minimum absolute atomic E-state index is 0.130. The quantitative estimate of drug-likeness (QED) is 0.177. The second-order valence-electron chi connectivity index (χ2n) is 10.0. The van der Waals surface area contributed by atoms with Gasteiger partial charge in [0, 0.05) is 17.1 Å². The van der Waals surface area contributed by atoms with Crippen molar-refractivity contribution in [1.82, 2.24) is 0 Å². The van der Waals surface area contributed by atoms with Gasteiger partial charge in [-0.05, 0) is 95.1 Å². The first-order chi connectivity index (χ1) is 21.4. The van der Waals surface area contributed by atoms with Crippen LogP contribution >= 0.6 is 0 Å². The van der Waals surface area contributed by atoms with Gasteiger partial charge < -0.3 is 19.5 Å². The van der Waals surface area contributed by atoms with Crippen molar-refractivity contribution < 1.29 is 19.4 Å². The fourth-order valence-corrected chi connectivity index (χ4v) is 5.11. The molecule has 5 aromatic carbocycles. The minimum atomic E-state index is -1.04. The summed E-state index contributed by atoms with van der Waals surface area (Å²) in [4.78, 5) is 13.4. The number of rotatable bonds is 10. The van der Waals surface area contributed by atoms with Crippen LogP contribution in [0.4, 0.5) is 17.1 Å². The molecule has 216 valence electrons. The molecule has 5 aromatic rings. The smallest absolute Gasteiger partial charge is 0.335 e. The molecular weight excluding hydrogens is 550 g/mol. The van der Waals surface area contributed by atoms with E-state index in [0.29, 0.717) is 11.1 Å². The third-order valence-electron chi connectivity index (χ3n) is 7.52. The zero-order valence-corrected chi connectivity index (χ0v) is 24.2. The van der Waals surface area contributed by atoms with Crippen molar-refractivity contribution >= 4 is 23.0 Å². The fourth-order valence-electron chi connectivity index (χ4n) is 5.11. The van der Waals surface area contributed by atoms with Crippen LogP contribution in [0.25, 0.3) is 11.1 Å². The molecule has 0 aliphatic rings. The summed E-state index contributed by atoms with van der Waals surface area (Å²) in [5.41, 5.74) is 6.33. The third-order valence-corrected chi connectivity index (χ3v) is 7.52. The first-order valence-electron chi connectivity index (χ1n) is 13.9. The van der Waals surface area contributed by atoms with Crippen LogP contribution in [0.1, 0.15) is 33.3 Å². The topological polar surface area (TPSA) is 107 Å². The highest BCUT2D eigenvalue weighted by Gasteiger charge is 2.25. The molecule has 44 heavy (non-hydrogen) atoms. The Morgan fingerprint density at radius 2 is 0.932 bits per heavy atom. The van der Waals surface area contributed by atoms with E-state index >= 15 is 0 Å². The van der Waals surface area contributed by atoms with Gasteiger partial charge in [0.25, 0.3) is 0 Å². The number of carboxylic acids is 1. The van der Waals surface area contributed by atoms with Gasteiger partial charge in [0.2, 0.25) is 0 Å². The standard InChI is InChI=1S/C37H29N3O4/c1-43-33-19-15-31(16-20-33)40(32-17-21-34(44-2)22-18-32)30-13-11-26(12-14-30)25-3-5-27(6-4-25)35(23-38)36(24-39)28-7-9-29(10-8-28)37(41)42/h3-22,35-36H,1-2H3,(H,41,42). The summed E-state index contributed by atoms with van der Waals surface area (Å²) >= 11 is 0. The van der Waals surface area contributed by atoms with Crippen molar-refractivity contribution in [2.24, 2.45) is 0 Å². The Balaban J connectivity index is 1.41. The van der Waals surface area contributed by atoms with E-state index < -0.39 is 17.8 Å². The van der Waals surface area contributed by atoms with E-state index in [2.05, 4.69) is 29.2 Å². The van der Waals surface area contributed by atoms with Gasteiger partial charge in [0.15, 0.2) is 0 Å². The van der Waals surface area contributed by atoms with Gasteiger partial charge in [0.1, 0.15) is 11.5 Å². The zero-order valence-electron chi connectivity index (χ0n) is 24.2. The molecule has 0 saturated carbocycles. The molecule has 0 bridgehead atoms. The van der Waals surface area contributed by atoms with E-state index in [1.54, 1.807) is 26.4 Å². The number of methoxy groups -OCH3 is 2. The number of anilines is 3. The van der Waals surface area contributed by atoms with Gasteiger partial charge in [0.05, 0.1) is 43.8 Å². The predicted molar refractivity (Wildman–Crippen MR) is 170 cm³/mol. The molecule has 0 amide bonds. The summed E-state index contributed by atoms with van der Waals surface area (Å²) < 4.78 is 10.7. The van der Waals surface area contributed by atoms with Crippen LogP contribution in [0, 0.1) is 22.7 Å². The maximum Gasteiger partial charge on any atom is 0.335 e. The Bertz CT molecular complexity index is 1760. The van der Waals surface area contributed by atoms with Crippen LogP contribution in [0.3, 0.4) is 0 Å². The number of aromatic carboxylic acids is 1. The van der Waals surface area contributed by atoms with E-state index in [1.165, 1.54) is 12.1 Å². The Morgan fingerprint density at radius 3 is 1.27 bits per heavy atom. The van der Waals surface area contributed by atoms with Crippen molar-refractivity contribution in [1.29, 1.82) is 10.5 Å². The van der Waals surface area contributed by atoms with E-state index in [9.17, 15) is 20.4 Å². The number of carboxylic acid groups (broad SMARTS) is 1. The van der Waals surface area contributed by atoms with Crippen molar-refractivity contribution in [3.05, 3.63) is 138 Å². The lowest BCUT2D eigenvalue weighted by atomic mass is 9.82. The molecule has 5 rings (SSSR count). The third kappa shape index (κ3) is 6.23. The number of hydrogen-bond donors (Lipinski definition) is 1. The average Bonchev–Trinajstić information content (AvgIpc) is 3.08. The van der Waals surface area contributed by atoms with E-state index in [4.69, 9.17) is 9.47 Å². The summed E-state index contributed by atoms with van der Waals surface area (Å²) in [5.74, 6) is -0.944. The van der Waals surface area contributed by atoms with Crippen LogP contribution < -0.4 is 14.4 Å². The first-order valence-corrected chi connectivity index (χ1v) is 13.9. The highest BCUT2D eigenvalue weighted by atomic mass is 16.5. The van der Waals surface area contributed by atoms with Crippen molar-refractivity contribution in [2.75, 3.05) is 19.1 Å². The summed E-state index contributed by atoms with van der Waals surface area (Å²) in [6.07, 6.45) is 0. The van der Waals surface area contributed by atoms with Crippen LogP contribution in [-0.4, -0.2) is 25.3 Å². The average molecular weight is 580 g/mol. The van der Waals surface area contributed by atoms with Crippen molar-refractivity contribution in [3.63, 3.8) is 0 Å². The van der Waals surface area contributed by atoms with Crippen LogP contribution in [0.2, 0.25) is 0 Å². The summed E-state index contributed by atoms with van der Waals surface area (Å²) in [6.45, 7) is 0. The Labute approximate surface area is 256 Å². The summed E-state index contributed by atoms with van der Waals surface area (Å²) in [5, 5.41) is 29.1. The van der Waals surface area contributed by atoms with Gasteiger partial charge in [-0.3, -0.25) is 0 Å². The normalized spacial score (nSPS) is 11.8. The fraction of sp³-hybridized carbons (Fsp3) is 0.108. The van der Waals surface area contributed by atoms with E-state index in [-0.39, 0.29) is 5.56 Å². The summed E-state index contributed by atoms with van der Waals surface area (Å²) in [7, 11) is 3.29. The number of hydrogen-bond acceptors (Lipinski definition) is 6. The lowest BCUT2D eigenvalue weighted by molar-refractivity contribution is 0.0697. The van der Waals surface area contributed by atoms with Crippen molar-refractivity contribution in [2.45, 2.75) is 11.8 Å². The number of nitriles is 2. The maximum absolute atomic E-state index is 11.2. The van der Waals surface area contributed by atoms with Gasteiger partial charge in [-0.15, -0.1) is 0 Å². The van der Waals surface area contributed by atoms with Crippen LogP contribution in [0.15, 0.2) is 121 Å². The number of nitrogens with zero attached hydrogens (tertiary/aromatic N) is 3. The number of ether oxygens (including phenoxy) is 2. The highest BCUT2D eigenvalue weighted by Crippen LogP contribution is 2.38. The molecular formula is C37H29N3O4. The highest BCUT2D eigenvalue weighted by molar-refractivity contribution is 5.87. The predicted octanol–water partition coefficient (Wildman–Crippen LogP) is 8.45. The number of benzene rings is 5. The zero-order chi connectivity index (χ0) is 31.1. The molecule has 7 heteroatoms. The number of carbonyl (C=O) groups is 1. The molecule has 2 unspecified atom stereocenters. The second kappa shape index (κ2) is 13.3. The molecule has 0 fully saturated rings. The second-order valence-corrected chi connectivity index (χ2v) is 10.0. The molecule has 0 spiro atoms. The monoisotopic (exact) mass is 579 g/mol. The lowest BCUT2D eigenvalue weighted by Crippen LogP contribution is -2.09. The van der Waals surface area contributed by atoms with Gasteiger partial charge >= 0.3 is 5.97 Å². The maximum atomic E-state index is 11.2. The lowest BCUT2D eigenvalue weighted by Gasteiger charge is -2.26. The van der Waals surface area contributed by atoms with E-state index in [1.807, 2.05) is 84.9 Å². The molecule has 0 aliphatic heterocycles. The van der Waals surface area contributed by atoms with Gasteiger partial charge in [-0.1, -0.05) is 48.5 Å². The van der Waals surface area contributed by atoms with Gasteiger partial charge in [-0.25, -0.2) is 4.79 Å². The largest absolute Gasteiger partial charge is 0.497 e. The SMILES string of the molecule is COc1ccc(N(c2ccc(OC)cc2)c2ccc(-c3ccc(C(C#N)C(C#N)c4ccc(C(=O)O)cc4)cc3)cc2)cc1. The summed E-state index contributed by atoms with van der Waals surface area (Å²) in [6, 6.07) is 42.2. The molecule has 0 aromatic heterocycles.